The molecule has 1 saturated heterocycles. The number of benzene rings is 1. The highest BCUT2D eigenvalue weighted by Gasteiger charge is 2.19. The van der Waals surface area contributed by atoms with Crippen LogP contribution in [-0.2, 0) is 4.74 Å². The zero-order chi connectivity index (χ0) is 19.6. The highest BCUT2D eigenvalue weighted by molar-refractivity contribution is 7.17. The van der Waals surface area contributed by atoms with Gasteiger partial charge in [0.15, 0.2) is 5.76 Å². The fourth-order valence-corrected chi connectivity index (χ4v) is 4.35. The molecule has 0 aliphatic carbocycles. The van der Waals surface area contributed by atoms with Gasteiger partial charge in [-0.15, -0.1) is 11.3 Å². The fourth-order valence-electron chi connectivity index (χ4n) is 3.56. The summed E-state index contributed by atoms with van der Waals surface area (Å²) in [5.41, 5.74) is 2.67. The Morgan fingerprint density at radius 3 is 2.97 bits per heavy atom. The van der Waals surface area contributed by atoms with E-state index in [2.05, 4.69) is 34.0 Å². The van der Waals surface area contributed by atoms with Crippen LogP contribution in [0.5, 0.6) is 11.5 Å². The van der Waals surface area contributed by atoms with Crippen LogP contribution in [0.15, 0.2) is 54.6 Å². The van der Waals surface area contributed by atoms with Crippen LogP contribution in [0, 0.1) is 0 Å². The standard InChI is InChI=1S/C23H22N2O3S/c1-16-12-22(20-14-23-17(15-24-20)4-11-29-23)28-21-3-2-18(13-19(16)21)27-10-7-25-5-8-26-9-6-25/h2-4,11-15H,1,5-10H2. The number of thiophene rings is 1. The maximum Gasteiger partial charge on any atom is 0.153 e. The molecule has 0 unspecified atom stereocenters. The highest BCUT2D eigenvalue weighted by atomic mass is 32.1. The van der Waals surface area contributed by atoms with Crippen LogP contribution in [0.4, 0.5) is 0 Å². The molecule has 3 aromatic rings. The van der Waals surface area contributed by atoms with E-state index in [9.17, 15) is 0 Å². The minimum absolute atomic E-state index is 0.651. The van der Waals surface area contributed by atoms with Crippen LogP contribution < -0.4 is 9.47 Å². The summed E-state index contributed by atoms with van der Waals surface area (Å²) in [6.07, 6.45) is 3.83. The van der Waals surface area contributed by atoms with Crippen molar-refractivity contribution < 1.29 is 14.2 Å². The molecule has 0 bridgehead atoms. The van der Waals surface area contributed by atoms with Crippen molar-refractivity contribution in [3.05, 3.63) is 65.8 Å². The zero-order valence-electron chi connectivity index (χ0n) is 16.1. The monoisotopic (exact) mass is 406 g/mol. The van der Waals surface area contributed by atoms with Gasteiger partial charge in [-0.25, -0.2) is 0 Å². The van der Waals surface area contributed by atoms with Crippen molar-refractivity contribution in [1.29, 1.82) is 0 Å². The van der Waals surface area contributed by atoms with Gasteiger partial charge in [-0.1, -0.05) is 6.58 Å². The van der Waals surface area contributed by atoms with Gasteiger partial charge in [-0.2, -0.15) is 0 Å². The number of allylic oxidation sites excluding steroid dienone is 2. The molecule has 0 amide bonds. The van der Waals surface area contributed by atoms with E-state index in [1.165, 1.54) is 4.70 Å². The molecule has 29 heavy (non-hydrogen) atoms. The third kappa shape index (κ3) is 3.92. The zero-order valence-corrected chi connectivity index (χ0v) is 16.9. The molecule has 5 nitrogen and oxygen atoms in total. The van der Waals surface area contributed by atoms with Crippen molar-refractivity contribution in [2.45, 2.75) is 0 Å². The minimum atomic E-state index is 0.651. The molecular formula is C23H22N2O3S. The number of morpholine rings is 1. The Bertz CT molecular complexity index is 1080. The smallest absolute Gasteiger partial charge is 0.153 e. The second-order valence-corrected chi connectivity index (χ2v) is 8.07. The lowest BCUT2D eigenvalue weighted by atomic mass is 10.0. The molecule has 4 heterocycles. The quantitative estimate of drug-likeness (QED) is 0.626. The summed E-state index contributed by atoms with van der Waals surface area (Å²) in [7, 11) is 0. The fraction of sp³-hybridized carbons (Fsp3) is 0.261. The van der Waals surface area contributed by atoms with E-state index < -0.39 is 0 Å². The number of fused-ring (bicyclic) bond motifs is 2. The first-order chi connectivity index (χ1) is 14.3. The summed E-state index contributed by atoms with van der Waals surface area (Å²) in [6.45, 7) is 9.32. The second kappa shape index (κ2) is 7.99. The van der Waals surface area contributed by atoms with Crippen molar-refractivity contribution in [2.75, 3.05) is 39.5 Å². The Morgan fingerprint density at radius 1 is 1.17 bits per heavy atom. The first kappa shape index (κ1) is 18.4. The summed E-state index contributed by atoms with van der Waals surface area (Å²) in [5.74, 6) is 2.33. The molecule has 2 aliphatic rings. The van der Waals surface area contributed by atoms with E-state index in [1.807, 2.05) is 30.5 Å². The van der Waals surface area contributed by atoms with Gasteiger partial charge in [0.05, 0.1) is 13.2 Å². The lowest BCUT2D eigenvalue weighted by Crippen LogP contribution is -2.38. The van der Waals surface area contributed by atoms with Gasteiger partial charge in [0.1, 0.15) is 23.8 Å². The van der Waals surface area contributed by atoms with Crippen molar-refractivity contribution in [3.63, 3.8) is 0 Å². The molecule has 148 valence electrons. The molecule has 0 radical (unpaired) electrons. The molecule has 5 rings (SSSR count). The van der Waals surface area contributed by atoms with E-state index in [0.29, 0.717) is 6.61 Å². The Hall–Kier alpha value is -2.67. The summed E-state index contributed by atoms with van der Waals surface area (Å²) in [6, 6.07) is 10.0. The molecule has 0 saturated carbocycles. The van der Waals surface area contributed by atoms with Gasteiger partial charge in [0.25, 0.3) is 0 Å². The van der Waals surface area contributed by atoms with Crippen LogP contribution in [0.1, 0.15) is 11.3 Å². The van der Waals surface area contributed by atoms with Crippen LogP contribution in [0.25, 0.3) is 21.4 Å². The lowest BCUT2D eigenvalue weighted by molar-refractivity contribution is 0.0322. The van der Waals surface area contributed by atoms with E-state index in [1.54, 1.807) is 11.3 Å². The first-order valence-corrected chi connectivity index (χ1v) is 10.6. The first-order valence-electron chi connectivity index (χ1n) is 9.76. The van der Waals surface area contributed by atoms with Gasteiger partial charge in [0.2, 0.25) is 0 Å². The molecule has 2 aliphatic heterocycles. The highest BCUT2D eigenvalue weighted by Crippen LogP contribution is 2.38. The number of hydrogen-bond donors (Lipinski definition) is 0. The van der Waals surface area contributed by atoms with Gasteiger partial charge in [0, 0.05) is 41.5 Å². The van der Waals surface area contributed by atoms with E-state index in [0.717, 1.165) is 72.3 Å². The van der Waals surface area contributed by atoms with Crippen LogP contribution >= 0.6 is 11.3 Å². The number of aromatic nitrogens is 1. The van der Waals surface area contributed by atoms with Crippen molar-refractivity contribution in [3.8, 4) is 11.5 Å². The minimum Gasteiger partial charge on any atom is -0.492 e. The Balaban J connectivity index is 1.29. The third-order valence-electron chi connectivity index (χ3n) is 5.19. The van der Waals surface area contributed by atoms with Gasteiger partial charge < -0.3 is 14.2 Å². The Labute approximate surface area is 173 Å². The molecule has 0 atom stereocenters. The van der Waals surface area contributed by atoms with Crippen LogP contribution in [0.3, 0.4) is 0 Å². The normalized spacial score (nSPS) is 17.0. The molecule has 0 N–H and O–H groups in total. The van der Waals surface area contributed by atoms with E-state index >= 15 is 0 Å². The predicted octanol–water partition coefficient (Wildman–Crippen LogP) is 4.45. The third-order valence-corrected chi connectivity index (χ3v) is 6.07. The van der Waals surface area contributed by atoms with Gasteiger partial charge in [-0.3, -0.25) is 9.88 Å². The second-order valence-electron chi connectivity index (χ2n) is 7.12. The predicted molar refractivity (Wildman–Crippen MR) is 116 cm³/mol. The molecule has 0 spiro atoms. The van der Waals surface area contributed by atoms with Crippen molar-refractivity contribution in [1.82, 2.24) is 9.88 Å². The van der Waals surface area contributed by atoms with Crippen LogP contribution in [0.2, 0.25) is 0 Å². The summed E-state index contributed by atoms with van der Waals surface area (Å²) in [4.78, 5) is 6.90. The number of pyridine rings is 1. The number of ether oxygens (including phenoxy) is 3. The number of hydrogen-bond acceptors (Lipinski definition) is 6. The van der Waals surface area contributed by atoms with E-state index in [4.69, 9.17) is 14.2 Å². The molecule has 2 aromatic heterocycles. The molecule has 1 fully saturated rings. The Morgan fingerprint density at radius 2 is 2.07 bits per heavy atom. The molecule has 6 heteroatoms. The average molecular weight is 407 g/mol. The number of rotatable bonds is 5. The van der Waals surface area contributed by atoms with Gasteiger partial charge in [-0.05, 0) is 47.4 Å². The molecule has 1 aromatic carbocycles. The largest absolute Gasteiger partial charge is 0.492 e. The van der Waals surface area contributed by atoms with E-state index in [-0.39, 0.29) is 0 Å². The average Bonchev–Trinajstić information content (AvgIpc) is 3.23. The summed E-state index contributed by atoms with van der Waals surface area (Å²) < 4.78 is 18.7. The lowest BCUT2D eigenvalue weighted by Gasteiger charge is -2.26. The van der Waals surface area contributed by atoms with Crippen molar-refractivity contribution >= 4 is 32.8 Å². The van der Waals surface area contributed by atoms with Crippen LogP contribution in [-0.4, -0.2) is 49.3 Å². The SMILES string of the molecule is C=C1C=C(c2cc3sccc3cn2)Oc2ccc(OCCN3CCOCC3)cc21. The number of nitrogens with zero attached hydrogens (tertiary/aromatic N) is 2. The van der Waals surface area contributed by atoms with Crippen molar-refractivity contribution in [2.24, 2.45) is 0 Å². The maximum absolute atomic E-state index is 6.13. The summed E-state index contributed by atoms with van der Waals surface area (Å²) >= 11 is 1.70. The topological polar surface area (TPSA) is 43.8 Å². The van der Waals surface area contributed by atoms with Gasteiger partial charge >= 0.3 is 0 Å². The Kier molecular flexibility index (Phi) is 5.06. The summed E-state index contributed by atoms with van der Waals surface area (Å²) in [5, 5.41) is 3.22. The molecular weight excluding hydrogens is 384 g/mol. The maximum atomic E-state index is 6.13.